The Bertz CT molecular complexity index is 567. The fourth-order valence-electron chi connectivity index (χ4n) is 2.15. The van der Waals surface area contributed by atoms with E-state index in [1.807, 2.05) is 4.58 Å². The predicted molar refractivity (Wildman–Crippen MR) is 66.3 cm³/mol. The number of rotatable bonds is 1. The number of ether oxygens (including phenoxy) is 2. The van der Waals surface area contributed by atoms with Gasteiger partial charge in [0.1, 0.15) is 24.8 Å². The van der Waals surface area contributed by atoms with Gasteiger partial charge in [-0.3, -0.25) is 0 Å². The Morgan fingerprint density at radius 2 is 1.79 bits per heavy atom. The lowest BCUT2D eigenvalue weighted by atomic mass is 10.1. The van der Waals surface area contributed by atoms with Gasteiger partial charge in [-0.05, 0) is 24.3 Å². The lowest BCUT2D eigenvalue weighted by Gasteiger charge is -2.10. The van der Waals surface area contributed by atoms with E-state index < -0.39 is 0 Å². The maximum Gasteiger partial charge on any atom is 0.408 e. The van der Waals surface area contributed by atoms with Crippen LogP contribution >= 0.6 is 0 Å². The number of halogens is 1. The Kier molecular flexibility index (Phi) is 3.13. The van der Waals surface area contributed by atoms with Crippen molar-refractivity contribution >= 4 is 17.4 Å². The van der Waals surface area contributed by atoms with Gasteiger partial charge in [0, 0.05) is 5.56 Å². The number of benzene rings is 1. The van der Waals surface area contributed by atoms with Crippen LogP contribution in [0.2, 0.25) is 0 Å². The highest BCUT2D eigenvalue weighted by Crippen LogP contribution is 2.22. The third kappa shape index (κ3) is 2.42. The maximum absolute atomic E-state index is 12.9. The molecule has 5 heteroatoms. The number of cyclic esters (lactones) is 1. The summed E-state index contributed by atoms with van der Waals surface area (Å²) in [6.07, 6.45) is 1.71. The van der Waals surface area contributed by atoms with Gasteiger partial charge in [0.2, 0.25) is 0 Å². The minimum atomic E-state index is -0.360. The summed E-state index contributed by atoms with van der Waals surface area (Å²) in [4.78, 5) is 11.9. The molecule has 0 radical (unpaired) electrons. The number of esters is 1. The highest BCUT2D eigenvalue weighted by atomic mass is 19.1. The summed E-state index contributed by atoms with van der Waals surface area (Å²) in [6, 6.07) is 5.88. The van der Waals surface area contributed by atoms with Crippen molar-refractivity contribution in [2.24, 2.45) is 0 Å². The van der Waals surface area contributed by atoms with Gasteiger partial charge in [0.25, 0.3) is 5.71 Å². The van der Waals surface area contributed by atoms with Crippen molar-refractivity contribution in [3.8, 4) is 0 Å². The summed E-state index contributed by atoms with van der Waals surface area (Å²) in [6.45, 7) is 2.57. The van der Waals surface area contributed by atoms with Crippen molar-refractivity contribution in [3.63, 3.8) is 0 Å². The number of hydrogen-bond donors (Lipinski definition) is 0. The van der Waals surface area contributed by atoms with Gasteiger partial charge in [-0.2, -0.15) is 0 Å². The molecular formula is C14H13FNO3+. The van der Waals surface area contributed by atoms with Crippen LogP contribution in [0.1, 0.15) is 5.56 Å². The van der Waals surface area contributed by atoms with Crippen LogP contribution in [-0.4, -0.2) is 42.6 Å². The average Bonchev–Trinajstić information content (AvgIpc) is 2.83. The summed E-state index contributed by atoms with van der Waals surface area (Å²) in [5, 5.41) is 0. The van der Waals surface area contributed by atoms with Crippen LogP contribution in [0.15, 0.2) is 30.3 Å². The fraction of sp³-hybridized carbons (Fsp3) is 0.286. The Morgan fingerprint density at radius 3 is 2.47 bits per heavy atom. The van der Waals surface area contributed by atoms with Crippen molar-refractivity contribution in [3.05, 3.63) is 41.7 Å². The molecule has 19 heavy (non-hydrogen) atoms. The van der Waals surface area contributed by atoms with E-state index in [4.69, 9.17) is 9.47 Å². The second-order valence-electron chi connectivity index (χ2n) is 4.39. The summed E-state index contributed by atoms with van der Waals surface area (Å²) < 4.78 is 25.3. The van der Waals surface area contributed by atoms with Crippen LogP contribution in [0, 0.1) is 5.82 Å². The molecule has 0 aromatic heterocycles. The smallest absolute Gasteiger partial charge is 0.408 e. The van der Waals surface area contributed by atoms with Crippen molar-refractivity contribution in [1.29, 1.82) is 0 Å². The average molecular weight is 262 g/mol. The molecule has 0 atom stereocenters. The third-order valence-corrected chi connectivity index (χ3v) is 3.16. The standard InChI is InChI=1S/C14H13FNO3/c15-11-3-1-10(2-4-11)13-9-12(14(17)19-13)16-5-7-18-8-6-16/h1-4,9H,5-8H2/q+1. The second kappa shape index (κ2) is 4.93. The van der Waals surface area contributed by atoms with E-state index >= 15 is 0 Å². The summed E-state index contributed by atoms with van der Waals surface area (Å²) in [5.74, 6) is -0.209. The minimum absolute atomic E-state index is 0.314. The lowest BCUT2D eigenvalue weighted by molar-refractivity contribution is -0.547. The molecule has 1 saturated heterocycles. The van der Waals surface area contributed by atoms with Crippen LogP contribution in [-0.2, 0) is 14.3 Å². The first-order chi connectivity index (χ1) is 9.24. The molecule has 0 aliphatic carbocycles. The third-order valence-electron chi connectivity index (χ3n) is 3.16. The van der Waals surface area contributed by atoms with Gasteiger partial charge in [-0.15, -0.1) is 0 Å². The van der Waals surface area contributed by atoms with E-state index in [-0.39, 0.29) is 11.8 Å². The van der Waals surface area contributed by atoms with Crippen molar-refractivity contribution in [2.45, 2.75) is 0 Å². The topological polar surface area (TPSA) is 38.5 Å². The number of carbonyl (C=O) groups is 1. The zero-order valence-electron chi connectivity index (χ0n) is 10.3. The van der Waals surface area contributed by atoms with Crippen LogP contribution in [0.5, 0.6) is 0 Å². The maximum atomic E-state index is 12.9. The van der Waals surface area contributed by atoms with Crippen LogP contribution in [0.25, 0.3) is 5.76 Å². The zero-order valence-corrected chi connectivity index (χ0v) is 10.3. The first-order valence-corrected chi connectivity index (χ1v) is 6.13. The van der Waals surface area contributed by atoms with Crippen molar-refractivity contribution in [1.82, 2.24) is 0 Å². The molecule has 1 fully saturated rings. The largest absolute Gasteiger partial charge is 0.418 e. The highest BCUT2D eigenvalue weighted by molar-refractivity contribution is 6.43. The highest BCUT2D eigenvalue weighted by Gasteiger charge is 2.32. The molecule has 0 bridgehead atoms. The van der Waals surface area contributed by atoms with Gasteiger partial charge >= 0.3 is 5.97 Å². The molecule has 2 heterocycles. The molecule has 4 nitrogen and oxygen atoms in total. The molecule has 0 N–H and O–H groups in total. The monoisotopic (exact) mass is 262 g/mol. The lowest BCUT2D eigenvalue weighted by Crippen LogP contribution is -2.34. The molecule has 2 aliphatic heterocycles. The van der Waals surface area contributed by atoms with Crippen LogP contribution in [0.4, 0.5) is 4.39 Å². The Labute approximate surface area is 109 Å². The van der Waals surface area contributed by atoms with Gasteiger partial charge in [-0.25, -0.2) is 13.8 Å². The molecule has 0 unspecified atom stereocenters. The van der Waals surface area contributed by atoms with E-state index in [9.17, 15) is 9.18 Å². The number of nitrogens with zero attached hydrogens (tertiary/aromatic N) is 1. The molecule has 0 saturated carbocycles. The minimum Gasteiger partial charge on any atom is -0.418 e. The van der Waals surface area contributed by atoms with Gasteiger partial charge in [0.05, 0.1) is 6.08 Å². The van der Waals surface area contributed by atoms with Crippen LogP contribution in [0.3, 0.4) is 0 Å². The summed E-state index contributed by atoms with van der Waals surface area (Å²) in [7, 11) is 0. The van der Waals surface area contributed by atoms with E-state index in [2.05, 4.69) is 0 Å². The van der Waals surface area contributed by atoms with Gasteiger partial charge < -0.3 is 9.47 Å². The Hall–Kier alpha value is -2.01. The second-order valence-corrected chi connectivity index (χ2v) is 4.39. The molecule has 0 spiro atoms. The first kappa shape index (κ1) is 12.0. The van der Waals surface area contributed by atoms with Gasteiger partial charge in [0.15, 0.2) is 13.1 Å². The van der Waals surface area contributed by atoms with Crippen LogP contribution < -0.4 is 0 Å². The summed E-state index contributed by atoms with van der Waals surface area (Å²) in [5.41, 5.74) is 1.24. The quantitative estimate of drug-likeness (QED) is 0.564. The van der Waals surface area contributed by atoms with Gasteiger partial charge in [-0.1, -0.05) is 0 Å². The van der Waals surface area contributed by atoms with E-state index in [1.54, 1.807) is 18.2 Å². The molecule has 2 aliphatic rings. The first-order valence-electron chi connectivity index (χ1n) is 6.13. The Morgan fingerprint density at radius 1 is 1.11 bits per heavy atom. The Balaban J connectivity index is 1.92. The molecule has 3 rings (SSSR count). The van der Waals surface area contributed by atoms with Crippen molar-refractivity contribution < 1.29 is 23.2 Å². The number of carbonyl (C=O) groups excluding carboxylic acids is 1. The zero-order chi connectivity index (χ0) is 13.2. The SMILES string of the molecule is O=C1OC(c2ccc(F)cc2)=CC1=[N+]1CCOCC1. The van der Waals surface area contributed by atoms with E-state index in [0.717, 1.165) is 0 Å². The number of hydrogen-bond acceptors (Lipinski definition) is 3. The molecule has 98 valence electrons. The predicted octanol–water partition coefficient (Wildman–Crippen LogP) is 1.21. The van der Waals surface area contributed by atoms with E-state index in [0.29, 0.717) is 43.3 Å². The number of morpholine rings is 1. The normalized spacial score (nSPS) is 19.4. The molecule has 1 aromatic rings. The molecule has 1 aromatic carbocycles. The van der Waals surface area contributed by atoms with E-state index in [1.165, 1.54) is 12.1 Å². The molecular weight excluding hydrogens is 249 g/mol. The fourth-order valence-corrected chi connectivity index (χ4v) is 2.15. The molecule has 0 amide bonds. The summed E-state index contributed by atoms with van der Waals surface area (Å²) >= 11 is 0. The van der Waals surface area contributed by atoms with Crippen molar-refractivity contribution in [2.75, 3.05) is 26.3 Å².